The minimum absolute atomic E-state index is 0. The number of urea groups is 1. The zero-order chi connectivity index (χ0) is 10.3. The predicted octanol–water partition coefficient (Wildman–Crippen LogP) is 0.515. The third kappa shape index (κ3) is 2.46. The number of sulfonamides is 1. The van der Waals surface area contributed by atoms with Gasteiger partial charge in [0.2, 0.25) is 0 Å². The van der Waals surface area contributed by atoms with Crippen molar-refractivity contribution in [1.29, 1.82) is 0 Å². The molecule has 0 radical (unpaired) electrons. The predicted molar refractivity (Wildman–Crippen MR) is 57.9 cm³/mol. The number of hydrogen-bond donors (Lipinski definition) is 2. The summed E-state index contributed by atoms with van der Waals surface area (Å²) >= 11 is 5.64. The Labute approximate surface area is 114 Å². The van der Waals surface area contributed by atoms with Crippen LogP contribution in [0.25, 0.3) is 0 Å². The van der Waals surface area contributed by atoms with Crippen LogP contribution in [0.4, 0.5) is 10.5 Å². The number of benzene rings is 1. The van der Waals surface area contributed by atoms with Gasteiger partial charge >= 0.3 is 35.6 Å². The van der Waals surface area contributed by atoms with Crippen LogP contribution in [-0.4, -0.2) is 44.0 Å². The molecular formula is C7H6ClN2NaO3S. The van der Waals surface area contributed by atoms with E-state index >= 15 is 0 Å². The number of carbonyl (C=O) groups excluding carboxylic acids is 1. The van der Waals surface area contributed by atoms with Crippen molar-refractivity contribution in [3.8, 4) is 0 Å². The topological polar surface area (TPSA) is 75.3 Å². The molecule has 2 N–H and O–H groups in total. The van der Waals surface area contributed by atoms with Gasteiger partial charge in [-0.25, -0.2) is 17.9 Å². The molecule has 0 bridgehead atoms. The number of hydrogen-bond acceptors (Lipinski definition) is 3. The molecule has 2 rings (SSSR count). The van der Waals surface area contributed by atoms with Crippen LogP contribution in [0, 0.1) is 0 Å². The van der Waals surface area contributed by atoms with E-state index in [0.29, 0.717) is 5.02 Å². The molecule has 1 aliphatic heterocycles. The summed E-state index contributed by atoms with van der Waals surface area (Å²) in [6, 6.07) is 3.45. The zero-order valence-corrected chi connectivity index (χ0v) is 8.32. The number of amides is 2. The van der Waals surface area contributed by atoms with Gasteiger partial charge in [-0.05, 0) is 18.2 Å². The first-order valence-corrected chi connectivity index (χ1v) is 5.48. The molecule has 2 amide bonds. The van der Waals surface area contributed by atoms with Gasteiger partial charge in [0.1, 0.15) is 4.90 Å². The van der Waals surface area contributed by atoms with Crippen LogP contribution >= 0.6 is 11.6 Å². The summed E-state index contributed by atoms with van der Waals surface area (Å²) in [7, 11) is -3.76. The van der Waals surface area contributed by atoms with Gasteiger partial charge in [-0.1, -0.05) is 11.6 Å². The van der Waals surface area contributed by atoms with E-state index in [9.17, 15) is 13.2 Å². The van der Waals surface area contributed by atoms with Gasteiger partial charge in [0.05, 0.1) is 5.69 Å². The fraction of sp³-hybridized carbons (Fsp3) is 0. The number of anilines is 1. The average molecular weight is 257 g/mol. The fourth-order valence-corrected chi connectivity index (χ4v) is 2.48. The molecule has 0 atom stereocenters. The van der Waals surface area contributed by atoms with Crippen molar-refractivity contribution in [3.63, 3.8) is 0 Å². The molecule has 8 heteroatoms. The van der Waals surface area contributed by atoms with Crippen molar-refractivity contribution in [2.75, 3.05) is 5.32 Å². The Morgan fingerprint density at radius 2 is 1.93 bits per heavy atom. The van der Waals surface area contributed by atoms with Gasteiger partial charge in [0.15, 0.2) is 0 Å². The van der Waals surface area contributed by atoms with Crippen molar-refractivity contribution in [2.24, 2.45) is 0 Å². The van der Waals surface area contributed by atoms with E-state index in [0.717, 1.165) is 0 Å². The standard InChI is InChI=1S/C7H5ClN2O3S.Na.H/c8-4-1-2-5-6(3-4)14(12,13)10-7(11)9-5;;/h1-3H,(H2,9,10,11);;. The van der Waals surface area contributed by atoms with Crippen LogP contribution in [0.3, 0.4) is 0 Å². The number of carbonyl (C=O) groups is 1. The molecule has 1 aromatic rings. The van der Waals surface area contributed by atoms with Gasteiger partial charge < -0.3 is 5.32 Å². The van der Waals surface area contributed by atoms with Gasteiger partial charge in [-0.3, -0.25) is 0 Å². The molecule has 1 heterocycles. The van der Waals surface area contributed by atoms with Gasteiger partial charge in [-0.2, -0.15) is 0 Å². The van der Waals surface area contributed by atoms with Crippen molar-refractivity contribution in [2.45, 2.75) is 4.90 Å². The van der Waals surface area contributed by atoms with E-state index in [1.165, 1.54) is 18.2 Å². The monoisotopic (exact) mass is 256 g/mol. The third-order valence-electron chi connectivity index (χ3n) is 1.71. The summed E-state index contributed by atoms with van der Waals surface area (Å²) in [5.41, 5.74) is 0.234. The summed E-state index contributed by atoms with van der Waals surface area (Å²) in [6.07, 6.45) is 0. The van der Waals surface area contributed by atoms with Crippen LogP contribution < -0.4 is 10.0 Å². The fourth-order valence-electron chi connectivity index (χ4n) is 1.15. The molecule has 5 nitrogen and oxygen atoms in total. The molecule has 0 saturated carbocycles. The maximum atomic E-state index is 11.4. The second-order valence-electron chi connectivity index (χ2n) is 2.70. The Balaban J connectivity index is 0.00000112. The van der Waals surface area contributed by atoms with Gasteiger partial charge in [0, 0.05) is 5.02 Å². The average Bonchev–Trinajstić information content (AvgIpc) is 2.05. The Morgan fingerprint density at radius 1 is 1.27 bits per heavy atom. The third-order valence-corrected chi connectivity index (χ3v) is 3.31. The second-order valence-corrected chi connectivity index (χ2v) is 4.79. The second kappa shape index (κ2) is 4.31. The van der Waals surface area contributed by atoms with Crippen molar-refractivity contribution in [3.05, 3.63) is 23.2 Å². The molecule has 1 aromatic carbocycles. The summed E-state index contributed by atoms with van der Waals surface area (Å²) in [5, 5.41) is 2.65. The molecule has 15 heavy (non-hydrogen) atoms. The van der Waals surface area contributed by atoms with Crippen LogP contribution in [0.1, 0.15) is 0 Å². The first kappa shape index (κ1) is 12.8. The van der Waals surface area contributed by atoms with Crippen LogP contribution in [0.2, 0.25) is 5.02 Å². The first-order valence-electron chi connectivity index (χ1n) is 3.62. The Morgan fingerprint density at radius 3 is 2.60 bits per heavy atom. The van der Waals surface area contributed by atoms with Crippen LogP contribution in [-0.2, 0) is 10.0 Å². The molecule has 0 aliphatic carbocycles. The molecule has 76 valence electrons. The number of nitrogens with one attached hydrogen (secondary N) is 2. The zero-order valence-electron chi connectivity index (χ0n) is 6.74. The Bertz CT molecular complexity index is 517. The first-order chi connectivity index (χ1) is 6.49. The van der Waals surface area contributed by atoms with Crippen molar-refractivity contribution in [1.82, 2.24) is 4.72 Å². The van der Waals surface area contributed by atoms with Gasteiger partial charge in [0.25, 0.3) is 10.0 Å². The molecule has 0 aromatic heterocycles. The van der Waals surface area contributed by atoms with E-state index in [-0.39, 0.29) is 40.1 Å². The number of rotatable bonds is 0. The van der Waals surface area contributed by atoms with E-state index in [4.69, 9.17) is 11.6 Å². The molecule has 1 aliphatic rings. The SMILES string of the molecule is O=C1Nc2ccc(Cl)cc2S(=O)(=O)N1.[NaH]. The molecule has 0 fully saturated rings. The molecular weight excluding hydrogens is 251 g/mol. The minimum atomic E-state index is -3.76. The maximum absolute atomic E-state index is 11.4. The van der Waals surface area contributed by atoms with Crippen molar-refractivity contribution < 1.29 is 13.2 Å². The summed E-state index contributed by atoms with van der Waals surface area (Å²) in [6.45, 7) is 0. The quantitative estimate of drug-likeness (QED) is 0.665. The number of halogens is 1. The Hall–Kier alpha value is -0.270. The van der Waals surface area contributed by atoms with E-state index in [1.54, 1.807) is 4.72 Å². The summed E-state index contributed by atoms with van der Waals surface area (Å²) < 4.78 is 24.6. The van der Waals surface area contributed by atoms with E-state index < -0.39 is 16.1 Å². The van der Waals surface area contributed by atoms with Crippen LogP contribution in [0.15, 0.2) is 23.1 Å². The molecule has 0 spiro atoms. The van der Waals surface area contributed by atoms with Crippen LogP contribution in [0.5, 0.6) is 0 Å². The van der Waals surface area contributed by atoms with Gasteiger partial charge in [-0.15, -0.1) is 0 Å². The molecule has 0 saturated heterocycles. The number of fused-ring (bicyclic) bond motifs is 1. The summed E-state index contributed by atoms with van der Waals surface area (Å²) in [4.78, 5) is 10.9. The van der Waals surface area contributed by atoms with E-state index in [1.807, 2.05) is 0 Å². The Kier molecular flexibility index (Phi) is 3.67. The molecule has 0 unspecified atom stereocenters. The van der Waals surface area contributed by atoms with E-state index in [2.05, 4.69) is 5.32 Å². The summed E-state index contributed by atoms with van der Waals surface area (Å²) in [5.74, 6) is 0. The normalized spacial score (nSPS) is 16.7. The van der Waals surface area contributed by atoms with Crippen molar-refractivity contribution >= 4 is 62.9 Å².